The molecule has 1 aliphatic heterocycles. The maximum Gasteiger partial charge on any atom is 0.224 e. The van der Waals surface area contributed by atoms with Crippen LogP contribution in [0.5, 0.6) is 0 Å². The molecule has 2 unspecified atom stereocenters. The largest absolute Gasteiger partial charge is 0.378 e. The number of fused-ring (bicyclic) bond motifs is 1. The number of carbonyl (C=O) groups excluding carboxylic acids is 1. The molecule has 1 amide bonds. The van der Waals surface area contributed by atoms with Gasteiger partial charge in [0.2, 0.25) is 5.91 Å². The van der Waals surface area contributed by atoms with Crippen molar-refractivity contribution in [2.45, 2.75) is 39.3 Å². The predicted molar refractivity (Wildman–Crippen MR) is 91.2 cm³/mol. The molecule has 2 atom stereocenters. The van der Waals surface area contributed by atoms with Crippen LogP contribution in [0.1, 0.15) is 37.4 Å². The second-order valence-corrected chi connectivity index (χ2v) is 6.04. The van der Waals surface area contributed by atoms with Crippen LogP contribution in [-0.2, 0) is 4.79 Å². The molecule has 0 fully saturated rings. The van der Waals surface area contributed by atoms with Crippen molar-refractivity contribution in [1.82, 2.24) is 0 Å². The average molecular weight is 294 g/mol. The molecule has 0 radical (unpaired) electrons. The van der Waals surface area contributed by atoms with Gasteiger partial charge in [-0.3, -0.25) is 4.79 Å². The summed E-state index contributed by atoms with van der Waals surface area (Å²) in [5.74, 6) is 0.106. The normalized spacial score (nSPS) is 20.4. The van der Waals surface area contributed by atoms with E-state index in [0.29, 0.717) is 0 Å². The molecule has 0 saturated carbocycles. The zero-order valence-corrected chi connectivity index (χ0v) is 13.3. The Morgan fingerprint density at radius 2 is 1.82 bits per heavy atom. The quantitative estimate of drug-likeness (QED) is 0.896. The molecule has 1 heterocycles. The lowest BCUT2D eigenvalue weighted by Gasteiger charge is -2.39. The standard InChI is InChI=1S/C19H22N2O/c1-13-8-4-6-10-17(13)20-18-12-14(2)21(15(3)22)19-11-7-5-9-16(18)19/h4-11,14,18,20H,12H2,1-3H3. The topological polar surface area (TPSA) is 32.3 Å². The summed E-state index contributed by atoms with van der Waals surface area (Å²) >= 11 is 0. The van der Waals surface area contributed by atoms with Gasteiger partial charge in [-0.1, -0.05) is 36.4 Å². The highest BCUT2D eigenvalue weighted by atomic mass is 16.2. The third-order valence-electron chi connectivity index (χ3n) is 4.40. The van der Waals surface area contributed by atoms with Crippen molar-refractivity contribution in [3.05, 3.63) is 59.7 Å². The molecule has 0 aliphatic carbocycles. The van der Waals surface area contributed by atoms with Crippen LogP contribution in [0.15, 0.2) is 48.5 Å². The fraction of sp³-hybridized carbons (Fsp3) is 0.316. The summed E-state index contributed by atoms with van der Waals surface area (Å²) in [6, 6.07) is 16.9. The molecule has 114 valence electrons. The van der Waals surface area contributed by atoms with Gasteiger partial charge in [-0.25, -0.2) is 0 Å². The van der Waals surface area contributed by atoms with E-state index in [9.17, 15) is 4.79 Å². The van der Waals surface area contributed by atoms with Crippen molar-refractivity contribution in [2.75, 3.05) is 10.2 Å². The van der Waals surface area contributed by atoms with Crippen molar-refractivity contribution >= 4 is 17.3 Å². The molecular weight excluding hydrogens is 272 g/mol. The van der Waals surface area contributed by atoms with E-state index in [1.54, 1.807) is 6.92 Å². The van der Waals surface area contributed by atoms with E-state index in [1.165, 1.54) is 11.1 Å². The van der Waals surface area contributed by atoms with Crippen LogP contribution in [-0.4, -0.2) is 11.9 Å². The van der Waals surface area contributed by atoms with Crippen molar-refractivity contribution in [3.63, 3.8) is 0 Å². The Bertz CT molecular complexity index is 695. The number of nitrogens with zero attached hydrogens (tertiary/aromatic N) is 1. The van der Waals surface area contributed by atoms with Crippen molar-refractivity contribution in [1.29, 1.82) is 0 Å². The van der Waals surface area contributed by atoms with Gasteiger partial charge < -0.3 is 10.2 Å². The molecule has 1 aliphatic rings. The molecule has 0 aromatic heterocycles. The molecule has 0 saturated heterocycles. The summed E-state index contributed by atoms with van der Waals surface area (Å²) in [7, 11) is 0. The van der Waals surface area contributed by atoms with E-state index in [-0.39, 0.29) is 18.0 Å². The van der Waals surface area contributed by atoms with Crippen LogP contribution in [0.2, 0.25) is 0 Å². The van der Waals surface area contributed by atoms with Crippen LogP contribution in [0.4, 0.5) is 11.4 Å². The Hall–Kier alpha value is -2.29. The maximum absolute atomic E-state index is 12.0. The minimum absolute atomic E-state index is 0.106. The van der Waals surface area contributed by atoms with Crippen LogP contribution < -0.4 is 10.2 Å². The van der Waals surface area contributed by atoms with Crippen molar-refractivity contribution in [3.8, 4) is 0 Å². The molecule has 3 rings (SSSR count). The summed E-state index contributed by atoms with van der Waals surface area (Å²) < 4.78 is 0. The van der Waals surface area contributed by atoms with Gasteiger partial charge in [0, 0.05) is 24.3 Å². The minimum atomic E-state index is 0.106. The van der Waals surface area contributed by atoms with Crippen molar-refractivity contribution in [2.24, 2.45) is 0 Å². The van der Waals surface area contributed by atoms with E-state index >= 15 is 0 Å². The molecule has 3 heteroatoms. The first-order valence-corrected chi connectivity index (χ1v) is 7.79. The Morgan fingerprint density at radius 3 is 2.55 bits per heavy atom. The second-order valence-electron chi connectivity index (χ2n) is 6.04. The molecular formula is C19H22N2O. The van der Waals surface area contributed by atoms with Crippen LogP contribution >= 0.6 is 0 Å². The molecule has 0 spiro atoms. The number of amides is 1. The number of rotatable bonds is 2. The number of carbonyl (C=O) groups is 1. The van der Waals surface area contributed by atoms with Gasteiger partial charge in [-0.05, 0) is 43.5 Å². The molecule has 22 heavy (non-hydrogen) atoms. The van der Waals surface area contributed by atoms with Gasteiger partial charge in [-0.15, -0.1) is 0 Å². The first kappa shape index (κ1) is 14.6. The molecule has 1 N–H and O–H groups in total. The van der Waals surface area contributed by atoms with E-state index in [2.05, 4.69) is 49.5 Å². The summed E-state index contributed by atoms with van der Waals surface area (Å²) in [5, 5.41) is 3.66. The zero-order chi connectivity index (χ0) is 15.7. The smallest absolute Gasteiger partial charge is 0.224 e. The Morgan fingerprint density at radius 1 is 1.14 bits per heavy atom. The minimum Gasteiger partial charge on any atom is -0.378 e. The fourth-order valence-corrected chi connectivity index (χ4v) is 3.35. The summed E-state index contributed by atoms with van der Waals surface area (Å²) in [6.07, 6.45) is 0.908. The number of hydrogen-bond acceptors (Lipinski definition) is 2. The number of para-hydroxylation sites is 2. The highest BCUT2D eigenvalue weighted by molar-refractivity contribution is 5.93. The molecule has 0 bridgehead atoms. The van der Waals surface area contributed by atoms with E-state index in [1.807, 2.05) is 23.1 Å². The van der Waals surface area contributed by atoms with Crippen molar-refractivity contribution < 1.29 is 4.79 Å². The number of benzene rings is 2. The first-order chi connectivity index (χ1) is 10.6. The third kappa shape index (κ3) is 2.59. The van der Waals surface area contributed by atoms with Gasteiger partial charge >= 0.3 is 0 Å². The van der Waals surface area contributed by atoms with Crippen LogP contribution in [0, 0.1) is 6.92 Å². The number of nitrogens with one attached hydrogen (secondary N) is 1. The molecule has 2 aromatic rings. The average Bonchev–Trinajstić information content (AvgIpc) is 2.49. The lowest BCUT2D eigenvalue weighted by atomic mass is 9.91. The van der Waals surface area contributed by atoms with Gasteiger partial charge in [0.15, 0.2) is 0 Å². The van der Waals surface area contributed by atoms with Gasteiger partial charge in [0.1, 0.15) is 0 Å². The number of aryl methyl sites for hydroxylation is 1. The zero-order valence-electron chi connectivity index (χ0n) is 13.3. The second kappa shape index (κ2) is 5.84. The third-order valence-corrected chi connectivity index (χ3v) is 4.40. The maximum atomic E-state index is 12.0. The van der Waals surface area contributed by atoms with Gasteiger partial charge in [-0.2, -0.15) is 0 Å². The molecule has 2 aromatic carbocycles. The fourth-order valence-electron chi connectivity index (χ4n) is 3.35. The first-order valence-electron chi connectivity index (χ1n) is 7.79. The summed E-state index contributed by atoms with van der Waals surface area (Å²) in [6.45, 7) is 5.87. The van der Waals surface area contributed by atoms with E-state index in [4.69, 9.17) is 0 Å². The van der Waals surface area contributed by atoms with E-state index < -0.39 is 0 Å². The lowest BCUT2D eigenvalue weighted by molar-refractivity contribution is -0.117. The molecule has 3 nitrogen and oxygen atoms in total. The van der Waals surface area contributed by atoms with Gasteiger partial charge in [0.25, 0.3) is 0 Å². The Labute approximate surface area is 132 Å². The SMILES string of the molecule is CC(=O)N1c2ccccc2C(Nc2ccccc2C)CC1C. The highest BCUT2D eigenvalue weighted by Gasteiger charge is 2.32. The van der Waals surface area contributed by atoms with E-state index in [0.717, 1.165) is 17.8 Å². The highest BCUT2D eigenvalue weighted by Crippen LogP contribution is 2.39. The lowest BCUT2D eigenvalue weighted by Crippen LogP contribution is -2.43. The number of hydrogen-bond donors (Lipinski definition) is 1. The van der Waals surface area contributed by atoms with Gasteiger partial charge in [0.05, 0.1) is 6.04 Å². The van der Waals surface area contributed by atoms with Crippen LogP contribution in [0.25, 0.3) is 0 Å². The number of anilines is 2. The monoisotopic (exact) mass is 294 g/mol. The summed E-state index contributed by atoms with van der Waals surface area (Å²) in [5.41, 5.74) is 4.62. The predicted octanol–water partition coefficient (Wildman–Crippen LogP) is 4.29. The van der Waals surface area contributed by atoms with Crippen LogP contribution in [0.3, 0.4) is 0 Å². The Balaban J connectivity index is 1.98. The summed E-state index contributed by atoms with van der Waals surface area (Å²) in [4.78, 5) is 13.9. The Kier molecular flexibility index (Phi) is 3.88.